The van der Waals surface area contributed by atoms with E-state index in [0.29, 0.717) is 16.2 Å². The van der Waals surface area contributed by atoms with Crippen LogP contribution in [-0.4, -0.2) is 12.0 Å². The van der Waals surface area contributed by atoms with Gasteiger partial charge in [-0.05, 0) is 34.4 Å². The van der Waals surface area contributed by atoms with Gasteiger partial charge in [-0.2, -0.15) is 13.2 Å². The Bertz CT molecular complexity index is 535. The van der Waals surface area contributed by atoms with E-state index in [0.717, 1.165) is 9.35 Å². The largest absolute Gasteiger partial charge is 0.443 e. The van der Waals surface area contributed by atoms with Crippen LogP contribution < -0.4 is 5.32 Å². The number of nitrogens with one attached hydrogen (secondary N) is 1. The molecule has 0 spiro atoms. The van der Waals surface area contributed by atoms with Gasteiger partial charge in [0.1, 0.15) is 0 Å². The molecular weight excluding hydrogens is 349 g/mol. The minimum Gasteiger partial charge on any atom is -0.308 e. The van der Waals surface area contributed by atoms with Crippen LogP contribution in [0.3, 0.4) is 0 Å². The molecule has 2 nitrogen and oxygen atoms in total. The van der Waals surface area contributed by atoms with Crippen molar-refractivity contribution in [3.63, 3.8) is 0 Å². The average molecular weight is 357 g/mol. The van der Waals surface area contributed by atoms with Gasteiger partial charge in [0.2, 0.25) is 0 Å². The molecule has 0 amide bonds. The van der Waals surface area contributed by atoms with Crippen molar-refractivity contribution < 1.29 is 13.2 Å². The molecule has 0 bridgehead atoms. The molecule has 1 N–H and O–H groups in total. The third-order valence-corrected chi connectivity index (χ3v) is 5.29. The van der Waals surface area contributed by atoms with E-state index in [1.807, 2.05) is 11.4 Å². The van der Waals surface area contributed by atoms with E-state index in [9.17, 15) is 13.2 Å². The summed E-state index contributed by atoms with van der Waals surface area (Å²) in [7, 11) is 1.71. The molecular formula is C10H8BrF3N2S2. The van der Waals surface area contributed by atoms with Gasteiger partial charge in [-0.3, -0.25) is 0 Å². The summed E-state index contributed by atoms with van der Waals surface area (Å²) < 4.78 is 38.4. The SMILES string of the molecule is CNC(c1cnc(C(F)(F)F)s1)c1sccc1Br. The Balaban J connectivity index is 2.35. The fourth-order valence-electron chi connectivity index (χ4n) is 1.47. The zero-order chi connectivity index (χ0) is 13.3. The Kier molecular flexibility index (Phi) is 4.10. The average Bonchev–Trinajstić information content (AvgIpc) is 2.89. The number of hydrogen-bond acceptors (Lipinski definition) is 4. The van der Waals surface area contributed by atoms with Crippen molar-refractivity contribution in [2.45, 2.75) is 12.2 Å². The molecule has 2 rings (SSSR count). The Morgan fingerprint density at radius 1 is 1.44 bits per heavy atom. The van der Waals surface area contributed by atoms with Gasteiger partial charge in [0.25, 0.3) is 0 Å². The van der Waals surface area contributed by atoms with Crippen LogP contribution in [0, 0.1) is 0 Å². The van der Waals surface area contributed by atoms with Crippen molar-refractivity contribution in [3.05, 3.63) is 36.9 Å². The summed E-state index contributed by atoms with van der Waals surface area (Å²) in [6, 6.07) is 1.60. The monoisotopic (exact) mass is 356 g/mol. The number of halogens is 4. The van der Waals surface area contributed by atoms with E-state index in [-0.39, 0.29) is 6.04 Å². The zero-order valence-electron chi connectivity index (χ0n) is 9.08. The number of nitrogens with zero attached hydrogens (tertiary/aromatic N) is 1. The first-order valence-electron chi connectivity index (χ1n) is 4.86. The Hall–Kier alpha value is -0.440. The molecule has 2 aromatic rings. The van der Waals surface area contributed by atoms with Crippen molar-refractivity contribution >= 4 is 38.6 Å². The number of thiophene rings is 1. The van der Waals surface area contributed by atoms with Crippen molar-refractivity contribution in [2.75, 3.05) is 7.05 Å². The molecule has 0 aromatic carbocycles. The van der Waals surface area contributed by atoms with Crippen LogP contribution in [0.5, 0.6) is 0 Å². The van der Waals surface area contributed by atoms with Gasteiger partial charge in [-0.1, -0.05) is 0 Å². The van der Waals surface area contributed by atoms with Gasteiger partial charge < -0.3 is 5.32 Å². The third-order valence-electron chi connectivity index (χ3n) is 2.25. The van der Waals surface area contributed by atoms with Crippen LogP contribution in [0.25, 0.3) is 0 Å². The lowest BCUT2D eigenvalue weighted by Crippen LogP contribution is -2.15. The summed E-state index contributed by atoms with van der Waals surface area (Å²) >= 11 is 5.53. The van der Waals surface area contributed by atoms with Crippen molar-refractivity contribution in [2.24, 2.45) is 0 Å². The lowest BCUT2D eigenvalue weighted by atomic mass is 10.2. The summed E-state index contributed by atoms with van der Waals surface area (Å²) in [5, 5.41) is 4.08. The first-order chi connectivity index (χ1) is 8.43. The normalized spacial score (nSPS) is 13.8. The van der Waals surface area contributed by atoms with Gasteiger partial charge >= 0.3 is 6.18 Å². The van der Waals surface area contributed by atoms with Gasteiger partial charge in [0, 0.05) is 20.4 Å². The van der Waals surface area contributed by atoms with E-state index in [1.165, 1.54) is 17.5 Å². The highest BCUT2D eigenvalue weighted by atomic mass is 79.9. The summed E-state index contributed by atoms with van der Waals surface area (Å²) in [4.78, 5) is 4.93. The van der Waals surface area contributed by atoms with Crippen LogP contribution in [-0.2, 0) is 6.18 Å². The van der Waals surface area contributed by atoms with E-state index < -0.39 is 11.2 Å². The molecule has 0 saturated heterocycles. The minimum absolute atomic E-state index is 0.270. The maximum atomic E-state index is 12.5. The van der Waals surface area contributed by atoms with Gasteiger partial charge in [-0.15, -0.1) is 22.7 Å². The first-order valence-corrected chi connectivity index (χ1v) is 7.35. The van der Waals surface area contributed by atoms with Crippen LogP contribution in [0.1, 0.15) is 20.8 Å². The number of aromatic nitrogens is 1. The smallest absolute Gasteiger partial charge is 0.308 e. The molecule has 2 heterocycles. The van der Waals surface area contributed by atoms with Gasteiger partial charge in [-0.25, -0.2) is 4.98 Å². The summed E-state index contributed by atoms with van der Waals surface area (Å²) in [6.07, 6.45) is -3.10. The fraction of sp³-hybridized carbons (Fsp3) is 0.300. The summed E-state index contributed by atoms with van der Waals surface area (Å²) in [5.41, 5.74) is 0. The first kappa shape index (κ1) is 14.0. The van der Waals surface area contributed by atoms with Crippen LogP contribution in [0.15, 0.2) is 22.1 Å². The summed E-state index contributed by atoms with van der Waals surface area (Å²) in [6.45, 7) is 0. The molecule has 18 heavy (non-hydrogen) atoms. The molecule has 2 aromatic heterocycles. The van der Waals surface area contributed by atoms with Gasteiger partial charge in [0.05, 0.1) is 6.04 Å². The third kappa shape index (κ3) is 2.76. The quantitative estimate of drug-likeness (QED) is 0.886. The second kappa shape index (κ2) is 5.28. The number of thiazole rings is 1. The number of hydrogen-bond donors (Lipinski definition) is 1. The van der Waals surface area contributed by atoms with Crippen LogP contribution in [0.2, 0.25) is 0 Å². The molecule has 1 unspecified atom stereocenters. The highest BCUT2D eigenvalue weighted by Gasteiger charge is 2.35. The van der Waals surface area contributed by atoms with E-state index in [2.05, 4.69) is 26.2 Å². The van der Waals surface area contributed by atoms with Crippen molar-refractivity contribution in [3.8, 4) is 0 Å². The molecule has 8 heteroatoms. The molecule has 1 atom stereocenters. The molecule has 0 aliphatic heterocycles. The second-order valence-corrected chi connectivity index (χ2v) is 6.28. The Morgan fingerprint density at radius 2 is 2.17 bits per heavy atom. The minimum atomic E-state index is -4.38. The predicted octanol–water partition coefficient (Wildman–Crippen LogP) is 4.29. The lowest BCUT2D eigenvalue weighted by molar-refractivity contribution is -0.137. The predicted molar refractivity (Wildman–Crippen MR) is 70.0 cm³/mol. The van der Waals surface area contributed by atoms with Crippen LogP contribution in [0.4, 0.5) is 13.2 Å². The van der Waals surface area contributed by atoms with E-state index in [1.54, 1.807) is 7.05 Å². The lowest BCUT2D eigenvalue weighted by Gasteiger charge is -2.12. The van der Waals surface area contributed by atoms with Crippen LogP contribution >= 0.6 is 38.6 Å². The van der Waals surface area contributed by atoms with E-state index in [4.69, 9.17) is 0 Å². The second-order valence-electron chi connectivity index (χ2n) is 3.42. The van der Waals surface area contributed by atoms with Crippen molar-refractivity contribution in [1.82, 2.24) is 10.3 Å². The highest BCUT2D eigenvalue weighted by molar-refractivity contribution is 9.10. The molecule has 0 saturated carbocycles. The van der Waals surface area contributed by atoms with E-state index >= 15 is 0 Å². The Morgan fingerprint density at radius 3 is 2.61 bits per heavy atom. The van der Waals surface area contributed by atoms with Gasteiger partial charge in [0.15, 0.2) is 5.01 Å². The Labute approximate surface area is 118 Å². The maximum absolute atomic E-state index is 12.5. The molecule has 0 radical (unpaired) electrons. The number of alkyl halides is 3. The number of rotatable bonds is 3. The molecule has 0 fully saturated rings. The maximum Gasteiger partial charge on any atom is 0.443 e. The standard InChI is InChI=1S/C10H8BrF3N2S2/c1-15-7(8-5(11)2-3-17-8)6-4-16-9(18-6)10(12,13)14/h2-4,7,15H,1H3. The summed E-state index contributed by atoms with van der Waals surface area (Å²) in [5.74, 6) is 0. The molecule has 98 valence electrons. The zero-order valence-corrected chi connectivity index (χ0v) is 12.3. The highest BCUT2D eigenvalue weighted by Crippen LogP contribution is 2.38. The molecule has 0 aliphatic rings. The fourth-order valence-corrected chi connectivity index (χ4v) is 4.17. The topological polar surface area (TPSA) is 24.9 Å². The molecule has 0 aliphatic carbocycles. The van der Waals surface area contributed by atoms with Crippen molar-refractivity contribution in [1.29, 1.82) is 0 Å².